The van der Waals surface area contributed by atoms with Gasteiger partial charge in [0.2, 0.25) is 0 Å². The zero-order valence-electron chi connectivity index (χ0n) is 14.9. The Morgan fingerprint density at radius 3 is 2.23 bits per heavy atom. The SMILES string of the molecule is CCC[C@H]1CCC2C[C@H](C(F)(F)Oc3cc(F)c(F)c(F)c3)CCC2C1. The van der Waals surface area contributed by atoms with E-state index in [4.69, 9.17) is 0 Å². The normalized spacial score (nSPS) is 29.3. The summed E-state index contributed by atoms with van der Waals surface area (Å²) in [6.07, 6.45) is 3.43. The summed E-state index contributed by atoms with van der Waals surface area (Å²) in [6, 6.07) is 0.932. The Morgan fingerprint density at radius 1 is 0.962 bits per heavy atom. The molecule has 1 aromatic rings. The van der Waals surface area contributed by atoms with Crippen LogP contribution in [-0.2, 0) is 0 Å². The molecule has 0 N–H and O–H groups in total. The summed E-state index contributed by atoms with van der Waals surface area (Å²) >= 11 is 0. The number of ether oxygens (including phenoxy) is 1. The van der Waals surface area contributed by atoms with Gasteiger partial charge < -0.3 is 4.74 Å². The van der Waals surface area contributed by atoms with Crippen LogP contribution < -0.4 is 4.74 Å². The molecule has 2 unspecified atom stereocenters. The molecule has 2 saturated carbocycles. The predicted molar refractivity (Wildman–Crippen MR) is 88.5 cm³/mol. The molecule has 0 bridgehead atoms. The maximum atomic E-state index is 14.6. The Labute approximate surface area is 150 Å². The van der Waals surface area contributed by atoms with Crippen molar-refractivity contribution < 1.29 is 26.7 Å². The molecular formula is C20H25F5O. The lowest BCUT2D eigenvalue weighted by molar-refractivity contribution is -0.229. The molecule has 146 valence electrons. The lowest BCUT2D eigenvalue weighted by Gasteiger charge is -2.43. The van der Waals surface area contributed by atoms with Gasteiger partial charge in [-0.1, -0.05) is 26.2 Å². The van der Waals surface area contributed by atoms with Crippen molar-refractivity contribution in [2.75, 3.05) is 0 Å². The minimum absolute atomic E-state index is 0.262. The third-order valence-corrected chi connectivity index (χ3v) is 6.11. The molecule has 1 nitrogen and oxygen atoms in total. The fraction of sp³-hybridized carbons (Fsp3) is 0.700. The molecule has 0 aliphatic heterocycles. The van der Waals surface area contributed by atoms with Crippen molar-refractivity contribution in [2.24, 2.45) is 23.7 Å². The second kappa shape index (κ2) is 7.73. The third-order valence-electron chi connectivity index (χ3n) is 6.11. The Bertz CT molecular complexity index is 610. The molecule has 0 amide bonds. The highest BCUT2D eigenvalue weighted by Crippen LogP contribution is 2.49. The van der Waals surface area contributed by atoms with Crippen molar-refractivity contribution in [3.8, 4) is 5.75 Å². The quantitative estimate of drug-likeness (QED) is 0.410. The number of fused-ring (bicyclic) bond motifs is 1. The van der Waals surface area contributed by atoms with E-state index in [-0.39, 0.29) is 5.92 Å². The summed E-state index contributed by atoms with van der Waals surface area (Å²) in [5.74, 6) is -4.96. The van der Waals surface area contributed by atoms with Gasteiger partial charge in [-0.3, -0.25) is 0 Å². The predicted octanol–water partition coefficient (Wildman–Crippen LogP) is 6.71. The third kappa shape index (κ3) is 4.15. The van der Waals surface area contributed by atoms with Crippen LogP contribution in [0.25, 0.3) is 0 Å². The van der Waals surface area contributed by atoms with Crippen LogP contribution in [-0.4, -0.2) is 6.11 Å². The monoisotopic (exact) mass is 376 g/mol. The molecule has 2 aliphatic rings. The standard InChI is InChI=1S/C20H25F5O/c1-2-3-12-4-5-14-9-15(7-6-13(14)8-12)20(24,25)26-16-10-17(21)19(23)18(22)11-16/h10-15H,2-9H2,1H3/t12-,13?,14?,15+/m0/s1. The van der Waals surface area contributed by atoms with E-state index in [1.165, 1.54) is 6.42 Å². The summed E-state index contributed by atoms with van der Waals surface area (Å²) in [5.41, 5.74) is 0. The second-order valence-corrected chi connectivity index (χ2v) is 7.86. The van der Waals surface area contributed by atoms with E-state index in [2.05, 4.69) is 11.7 Å². The lowest BCUT2D eigenvalue weighted by Crippen LogP contribution is -2.41. The Morgan fingerprint density at radius 2 is 1.58 bits per heavy atom. The Kier molecular flexibility index (Phi) is 5.78. The lowest BCUT2D eigenvalue weighted by atomic mass is 9.64. The second-order valence-electron chi connectivity index (χ2n) is 7.86. The molecule has 0 radical (unpaired) electrons. The van der Waals surface area contributed by atoms with Gasteiger partial charge in [-0.15, -0.1) is 0 Å². The fourth-order valence-corrected chi connectivity index (χ4v) is 4.79. The first kappa shape index (κ1) is 19.4. The van der Waals surface area contributed by atoms with E-state index in [1.54, 1.807) is 0 Å². The molecule has 4 atom stereocenters. The van der Waals surface area contributed by atoms with Crippen molar-refractivity contribution in [1.29, 1.82) is 0 Å². The molecule has 2 aliphatic carbocycles. The number of rotatable bonds is 5. The molecule has 0 saturated heterocycles. The summed E-state index contributed by atoms with van der Waals surface area (Å²) in [7, 11) is 0. The highest BCUT2D eigenvalue weighted by molar-refractivity contribution is 5.25. The number of alkyl halides is 2. The van der Waals surface area contributed by atoms with E-state index in [0.717, 1.165) is 32.1 Å². The van der Waals surface area contributed by atoms with E-state index in [0.29, 0.717) is 36.8 Å². The fourth-order valence-electron chi connectivity index (χ4n) is 4.79. The summed E-state index contributed by atoms with van der Waals surface area (Å²) < 4.78 is 73.2. The largest absolute Gasteiger partial charge is 0.432 e. The van der Waals surface area contributed by atoms with Crippen LogP contribution >= 0.6 is 0 Å². The van der Waals surface area contributed by atoms with Gasteiger partial charge in [-0.2, -0.15) is 8.78 Å². The zero-order chi connectivity index (χ0) is 18.9. The van der Waals surface area contributed by atoms with Crippen molar-refractivity contribution in [3.05, 3.63) is 29.6 Å². The van der Waals surface area contributed by atoms with E-state index in [1.807, 2.05) is 0 Å². The van der Waals surface area contributed by atoms with Crippen LogP contribution in [0.4, 0.5) is 22.0 Å². The van der Waals surface area contributed by atoms with Crippen molar-refractivity contribution in [3.63, 3.8) is 0 Å². The smallest absolute Gasteiger partial charge is 0.400 e. The van der Waals surface area contributed by atoms with Crippen LogP contribution in [0.2, 0.25) is 0 Å². The average Bonchev–Trinajstić information content (AvgIpc) is 2.59. The van der Waals surface area contributed by atoms with Gasteiger partial charge in [0, 0.05) is 12.1 Å². The molecule has 3 rings (SSSR count). The van der Waals surface area contributed by atoms with E-state index >= 15 is 0 Å². The van der Waals surface area contributed by atoms with Crippen LogP contribution in [0, 0.1) is 41.1 Å². The van der Waals surface area contributed by atoms with E-state index in [9.17, 15) is 22.0 Å². The van der Waals surface area contributed by atoms with Crippen molar-refractivity contribution >= 4 is 0 Å². The first-order valence-electron chi connectivity index (χ1n) is 9.51. The summed E-state index contributed by atoms with van der Waals surface area (Å²) in [4.78, 5) is 0. The maximum absolute atomic E-state index is 14.6. The first-order chi connectivity index (χ1) is 12.3. The first-order valence-corrected chi connectivity index (χ1v) is 9.51. The van der Waals surface area contributed by atoms with Crippen molar-refractivity contribution in [2.45, 2.75) is 64.4 Å². The van der Waals surface area contributed by atoms with Crippen LogP contribution in [0.5, 0.6) is 5.75 Å². The average molecular weight is 376 g/mol. The van der Waals surface area contributed by atoms with Crippen LogP contribution in [0.15, 0.2) is 12.1 Å². The Hall–Kier alpha value is -1.33. The molecule has 0 spiro atoms. The molecular weight excluding hydrogens is 351 g/mol. The van der Waals surface area contributed by atoms with Gasteiger partial charge in [0.25, 0.3) is 0 Å². The minimum atomic E-state index is -3.53. The van der Waals surface area contributed by atoms with Gasteiger partial charge in [0.15, 0.2) is 17.5 Å². The van der Waals surface area contributed by atoms with Crippen molar-refractivity contribution in [1.82, 2.24) is 0 Å². The van der Waals surface area contributed by atoms with E-state index < -0.39 is 35.2 Å². The summed E-state index contributed by atoms with van der Waals surface area (Å²) in [5, 5.41) is 0. The Balaban J connectivity index is 1.64. The molecule has 0 aromatic heterocycles. The van der Waals surface area contributed by atoms with Crippen LogP contribution in [0.1, 0.15) is 58.3 Å². The molecule has 2 fully saturated rings. The maximum Gasteiger partial charge on any atom is 0.400 e. The highest BCUT2D eigenvalue weighted by atomic mass is 19.3. The molecule has 6 heteroatoms. The molecule has 26 heavy (non-hydrogen) atoms. The molecule has 1 aromatic carbocycles. The number of hydrogen-bond donors (Lipinski definition) is 0. The minimum Gasteiger partial charge on any atom is -0.432 e. The number of benzene rings is 1. The topological polar surface area (TPSA) is 9.23 Å². The number of hydrogen-bond acceptors (Lipinski definition) is 1. The summed E-state index contributed by atoms with van der Waals surface area (Å²) in [6.45, 7) is 2.17. The van der Waals surface area contributed by atoms with Gasteiger partial charge in [0.05, 0.1) is 5.92 Å². The highest BCUT2D eigenvalue weighted by Gasteiger charge is 2.47. The molecule has 0 heterocycles. The van der Waals surface area contributed by atoms with Gasteiger partial charge >= 0.3 is 6.11 Å². The van der Waals surface area contributed by atoms with Gasteiger partial charge in [0.1, 0.15) is 5.75 Å². The van der Waals surface area contributed by atoms with Crippen LogP contribution in [0.3, 0.4) is 0 Å². The van der Waals surface area contributed by atoms with Gasteiger partial charge in [-0.25, -0.2) is 13.2 Å². The number of halogens is 5. The van der Waals surface area contributed by atoms with Gasteiger partial charge in [-0.05, 0) is 49.9 Å². The zero-order valence-corrected chi connectivity index (χ0v) is 14.9.